The van der Waals surface area contributed by atoms with E-state index in [4.69, 9.17) is 4.74 Å². The first-order valence-corrected chi connectivity index (χ1v) is 6.57. The number of carbonyl (C=O) groups is 1. The molecular formula is C16H11F3O3. The molecule has 114 valence electrons. The molecule has 0 fully saturated rings. The summed E-state index contributed by atoms with van der Waals surface area (Å²) in [5, 5.41) is 9.24. The van der Waals surface area contributed by atoms with E-state index in [0.29, 0.717) is 35.5 Å². The smallest absolute Gasteiger partial charge is 0.416 e. The first kappa shape index (κ1) is 14.4. The SMILES string of the molecule is O=C(O)c1cc(-c2cccc(C(F)(F)F)c2)cc2c1OCC2. The fourth-order valence-electron chi connectivity index (χ4n) is 2.51. The predicted octanol–water partition coefficient (Wildman–Crippen LogP) is 4.01. The van der Waals surface area contributed by atoms with Crippen LogP contribution in [0.3, 0.4) is 0 Å². The number of hydrogen-bond donors (Lipinski definition) is 1. The number of carboxylic acids is 1. The van der Waals surface area contributed by atoms with Crippen LogP contribution in [-0.2, 0) is 12.6 Å². The Hall–Kier alpha value is -2.50. The molecule has 3 rings (SSSR count). The van der Waals surface area contributed by atoms with E-state index in [-0.39, 0.29) is 5.56 Å². The highest BCUT2D eigenvalue weighted by atomic mass is 19.4. The Morgan fingerprint density at radius 1 is 1.14 bits per heavy atom. The average Bonchev–Trinajstić information content (AvgIpc) is 2.93. The van der Waals surface area contributed by atoms with Crippen molar-refractivity contribution in [3.63, 3.8) is 0 Å². The van der Waals surface area contributed by atoms with Gasteiger partial charge in [0.15, 0.2) is 0 Å². The number of halogens is 3. The zero-order valence-electron chi connectivity index (χ0n) is 11.3. The van der Waals surface area contributed by atoms with Crippen molar-refractivity contribution in [1.29, 1.82) is 0 Å². The van der Waals surface area contributed by atoms with Crippen LogP contribution in [0.4, 0.5) is 13.2 Å². The molecule has 1 N–H and O–H groups in total. The van der Waals surface area contributed by atoms with Gasteiger partial charge in [-0.1, -0.05) is 12.1 Å². The molecular weight excluding hydrogens is 297 g/mol. The molecule has 6 heteroatoms. The van der Waals surface area contributed by atoms with Crippen molar-refractivity contribution in [2.45, 2.75) is 12.6 Å². The van der Waals surface area contributed by atoms with Crippen molar-refractivity contribution in [2.75, 3.05) is 6.61 Å². The lowest BCUT2D eigenvalue weighted by atomic mass is 9.97. The zero-order valence-corrected chi connectivity index (χ0v) is 11.3. The summed E-state index contributed by atoms with van der Waals surface area (Å²) in [5.41, 5.74) is 0.674. The quantitative estimate of drug-likeness (QED) is 0.912. The normalized spacial score (nSPS) is 13.6. The minimum absolute atomic E-state index is 0.0255. The van der Waals surface area contributed by atoms with Crippen LogP contribution in [0.25, 0.3) is 11.1 Å². The van der Waals surface area contributed by atoms with Crippen LogP contribution in [0.1, 0.15) is 21.5 Å². The largest absolute Gasteiger partial charge is 0.492 e. The molecule has 3 nitrogen and oxygen atoms in total. The monoisotopic (exact) mass is 308 g/mol. The van der Waals surface area contributed by atoms with Gasteiger partial charge in [-0.2, -0.15) is 13.2 Å². The van der Waals surface area contributed by atoms with E-state index in [2.05, 4.69) is 0 Å². The van der Waals surface area contributed by atoms with Gasteiger partial charge in [0.25, 0.3) is 0 Å². The van der Waals surface area contributed by atoms with Crippen molar-refractivity contribution in [3.8, 4) is 16.9 Å². The average molecular weight is 308 g/mol. The molecule has 0 aromatic heterocycles. The summed E-state index contributed by atoms with van der Waals surface area (Å²) in [7, 11) is 0. The predicted molar refractivity (Wildman–Crippen MR) is 73.0 cm³/mol. The van der Waals surface area contributed by atoms with Crippen LogP contribution in [0.2, 0.25) is 0 Å². The summed E-state index contributed by atoms with van der Waals surface area (Å²) in [4.78, 5) is 11.3. The Kier molecular flexibility index (Phi) is 3.31. The van der Waals surface area contributed by atoms with Crippen LogP contribution < -0.4 is 4.74 Å². The molecule has 22 heavy (non-hydrogen) atoms. The van der Waals surface area contributed by atoms with Gasteiger partial charge >= 0.3 is 12.1 Å². The second-order valence-corrected chi connectivity index (χ2v) is 4.99. The van der Waals surface area contributed by atoms with Gasteiger partial charge in [0.05, 0.1) is 12.2 Å². The molecule has 1 aliphatic rings. The fourth-order valence-corrected chi connectivity index (χ4v) is 2.51. The molecule has 0 unspecified atom stereocenters. The van der Waals surface area contributed by atoms with E-state index in [9.17, 15) is 23.1 Å². The van der Waals surface area contributed by atoms with E-state index in [1.807, 2.05) is 0 Å². The third kappa shape index (κ3) is 2.52. The van der Waals surface area contributed by atoms with Gasteiger partial charge in [0.1, 0.15) is 11.3 Å². The molecule has 0 amide bonds. The third-order valence-electron chi connectivity index (χ3n) is 3.54. The lowest BCUT2D eigenvalue weighted by Crippen LogP contribution is -2.05. The Balaban J connectivity index is 2.13. The van der Waals surface area contributed by atoms with Crippen LogP contribution in [-0.4, -0.2) is 17.7 Å². The van der Waals surface area contributed by atoms with Gasteiger partial charge in [-0.05, 0) is 41.0 Å². The Morgan fingerprint density at radius 3 is 2.59 bits per heavy atom. The van der Waals surface area contributed by atoms with Crippen LogP contribution in [0.5, 0.6) is 5.75 Å². The van der Waals surface area contributed by atoms with Gasteiger partial charge < -0.3 is 9.84 Å². The number of carboxylic acid groups (broad SMARTS) is 1. The first-order valence-electron chi connectivity index (χ1n) is 6.57. The highest BCUT2D eigenvalue weighted by Gasteiger charge is 2.30. The first-order chi connectivity index (χ1) is 10.4. The number of ether oxygens (including phenoxy) is 1. The topological polar surface area (TPSA) is 46.5 Å². The number of alkyl halides is 3. The second kappa shape index (κ2) is 5.05. The molecule has 0 saturated heterocycles. The zero-order chi connectivity index (χ0) is 15.9. The molecule has 0 radical (unpaired) electrons. The Labute approximate surface area is 124 Å². The van der Waals surface area contributed by atoms with Gasteiger partial charge in [0, 0.05) is 6.42 Å². The van der Waals surface area contributed by atoms with Crippen LogP contribution in [0.15, 0.2) is 36.4 Å². The van der Waals surface area contributed by atoms with Gasteiger partial charge in [0.2, 0.25) is 0 Å². The number of aromatic carboxylic acids is 1. The van der Waals surface area contributed by atoms with Crippen molar-refractivity contribution in [1.82, 2.24) is 0 Å². The van der Waals surface area contributed by atoms with Crippen molar-refractivity contribution >= 4 is 5.97 Å². The number of hydrogen-bond acceptors (Lipinski definition) is 2. The summed E-state index contributed by atoms with van der Waals surface area (Å²) >= 11 is 0. The minimum Gasteiger partial charge on any atom is -0.492 e. The van der Waals surface area contributed by atoms with Crippen molar-refractivity contribution < 1.29 is 27.8 Å². The van der Waals surface area contributed by atoms with Crippen LogP contribution in [0, 0.1) is 0 Å². The summed E-state index contributed by atoms with van der Waals surface area (Å²) in [6.07, 6.45) is -3.89. The molecule has 0 bridgehead atoms. The van der Waals surface area contributed by atoms with E-state index < -0.39 is 17.7 Å². The highest BCUT2D eigenvalue weighted by Crippen LogP contribution is 2.37. The lowest BCUT2D eigenvalue weighted by molar-refractivity contribution is -0.137. The molecule has 0 saturated carbocycles. The maximum Gasteiger partial charge on any atom is 0.416 e. The molecule has 0 spiro atoms. The number of rotatable bonds is 2. The van der Waals surface area contributed by atoms with E-state index in [1.165, 1.54) is 18.2 Å². The van der Waals surface area contributed by atoms with E-state index in [1.54, 1.807) is 6.07 Å². The lowest BCUT2D eigenvalue weighted by Gasteiger charge is -2.11. The Morgan fingerprint density at radius 2 is 1.91 bits per heavy atom. The summed E-state index contributed by atoms with van der Waals surface area (Å²) in [6, 6.07) is 7.87. The van der Waals surface area contributed by atoms with Crippen LogP contribution >= 0.6 is 0 Å². The molecule has 0 atom stereocenters. The molecule has 1 heterocycles. The second-order valence-electron chi connectivity index (χ2n) is 4.99. The maximum absolute atomic E-state index is 12.8. The summed E-state index contributed by atoms with van der Waals surface area (Å²) in [5.74, 6) is -0.852. The van der Waals surface area contributed by atoms with Gasteiger partial charge in [-0.25, -0.2) is 4.79 Å². The van der Waals surface area contributed by atoms with Gasteiger partial charge in [-0.15, -0.1) is 0 Å². The van der Waals surface area contributed by atoms with Gasteiger partial charge in [-0.3, -0.25) is 0 Å². The van der Waals surface area contributed by atoms with Crippen molar-refractivity contribution in [2.24, 2.45) is 0 Å². The highest BCUT2D eigenvalue weighted by molar-refractivity contribution is 5.93. The summed E-state index contributed by atoms with van der Waals surface area (Å²) < 4.78 is 43.7. The van der Waals surface area contributed by atoms with E-state index in [0.717, 1.165) is 12.1 Å². The van der Waals surface area contributed by atoms with Crippen molar-refractivity contribution in [3.05, 3.63) is 53.1 Å². The molecule has 2 aromatic carbocycles. The number of benzene rings is 2. The molecule has 2 aromatic rings. The molecule has 1 aliphatic heterocycles. The Bertz CT molecular complexity index is 751. The maximum atomic E-state index is 12.8. The molecule has 0 aliphatic carbocycles. The van der Waals surface area contributed by atoms with E-state index >= 15 is 0 Å². The fraction of sp³-hybridized carbons (Fsp3) is 0.188. The summed E-state index contributed by atoms with van der Waals surface area (Å²) in [6.45, 7) is 0.377. The number of fused-ring (bicyclic) bond motifs is 1. The standard InChI is InChI=1S/C16H11F3O3/c17-16(18,19)12-3-1-2-9(7-12)11-6-10-4-5-22-14(10)13(8-11)15(20)21/h1-3,6-8H,4-5H2,(H,20,21). The minimum atomic E-state index is -4.44. The third-order valence-corrected chi connectivity index (χ3v) is 3.54.